The van der Waals surface area contributed by atoms with Gasteiger partial charge >= 0.3 is 0 Å². The molecule has 2 heterocycles. The van der Waals surface area contributed by atoms with Crippen LogP contribution in [0.5, 0.6) is 0 Å². The minimum atomic E-state index is 0.578. The third-order valence-electron chi connectivity index (χ3n) is 1.18. The van der Waals surface area contributed by atoms with Crippen LogP contribution in [-0.2, 0) is 0 Å². The Balaban J connectivity index is 0.000000336. The molecule has 2 N–H and O–H groups in total. The standard InChI is InChI=1S/C6H5N3S.C2H6/c7-6-9-5-4(10-6)2-1-3-8-5;1-2/h1-3H,(H2,7,8,9);1-2H3. The molecular formula is C8H11N3S. The number of pyridine rings is 1. The van der Waals surface area contributed by atoms with Crippen molar-refractivity contribution < 1.29 is 0 Å². The molecule has 0 amide bonds. The van der Waals surface area contributed by atoms with Gasteiger partial charge in [-0.15, -0.1) is 0 Å². The van der Waals surface area contributed by atoms with Gasteiger partial charge in [0.15, 0.2) is 10.8 Å². The summed E-state index contributed by atoms with van der Waals surface area (Å²) in [5.74, 6) is 0. The highest BCUT2D eigenvalue weighted by Crippen LogP contribution is 2.20. The van der Waals surface area contributed by atoms with Crippen LogP contribution in [0.4, 0.5) is 5.13 Å². The van der Waals surface area contributed by atoms with Crippen molar-refractivity contribution in [2.75, 3.05) is 5.73 Å². The number of thiazole rings is 1. The fraction of sp³-hybridized carbons (Fsp3) is 0.250. The van der Waals surface area contributed by atoms with E-state index in [-0.39, 0.29) is 0 Å². The highest BCUT2D eigenvalue weighted by Gasteiger charge is 1.97. The lowest BCUT2D eigenvalue weighted by Gasteiger charge is -1.79. The van der Waals surface area contributed by atoms with Crippen molar-refractivity contribution in [2.45, 2.75) is 13.8 Å². The van der Waals surface area contributed by atoms with E-state index in [2.05, 4.69) is 9.97 Å². The van der Waals surface area contributed by atoms with Crippen molar-refractivity contribution in [1.82, 2.24) is 9.97 Å². The van der Waals surface area contributed by atoms with E-state index in [0.717, 1.165) is 10.3 Å². The summed E-state index contributed by atoms with van der Waals surface area (Å²) in [5, 5.41) is 0.578. The third kappa shape index (κ3) is 1.71. The molecule has 0 aliphatic carbocycles. The molecular weight excluding hydrogens is 170 g/mol. The zero-order valence-corrected chi connectivity index (χ0v) is 7.93. The fourth-order valence-corrected chi connectivity index (χ4v) is 1.48. The Morgan fingerprint density at radius 1 is 1.42 bits per heavy atom. The summed E-state index contributed by atoms with van der Waals surface area (Å²) in [6.45, 7) is 4.00. The number of rotatable bonds is 0. The summed E-state index contributed by atoms with van der Waals surface area (Å²) in [6.07, 6.45) is 1.71. The van der Waals surface area contributed by atoms with Gasteiger partial charge in [0.05, 0.1) is 4.70 Å². The Morgan fingerprint density at radius 3 is 2.83 bits per heavy atom. The second-order valence-corrected chi connectivity index (χ2v) is 2.94. The number of aromatic nitrogens is 2. The highest BCUT2D eigenvalue weighted by molar-refractivity contribution is 7.21. The molecule has 0 saturated carbocycles. The second kappa shape index (κ2) is 4.01. The molecule has 0 aliphatic rings. The molecule has 2 rings (SSSR count). The zero-order chi connectivity index (χ0) is 8.97. The smallest absolute Gasteiger partial charge is 0.182 e. The van der Waals surface area contributed by atoms with Gasteiger partial charge < -0.3 is 5.73 Å². The van der Waals surface area contributed by atoms with Gasteiger partial charge in [-0.2, -0.15) is 0 Å². The Labute approximate surface area is 75.3 Å². The Kier molecular flexibility index (Phi) is 2.99. The van der Waals surface area contributed by atoms with Crippen LogP contribution in [0.15, 0.2) is 18.3 Å². The van der Waals surface area contributed by atoms with Crippen molar-refractivity contribution in [3.63, 3.8) is 0 Å². The van der Waals surface area contributed by atoms with Crippen LogP contribution in [0, 0.1) is 0 Å². The minimum absolute atomic E-state index is 0.578. The van der Waals surface area contributed by atoms with Crippen molar-refractivity contribution in [2.24, 2.45) is 0 Å². The van der Waals surface area contributed by atoms with Crippen LogP contribution in [0.3, 0.4) is 0 Å². The predicted molar refractivity (Wildman–Crippen MR) is 53.2 cm³/mol. The highest BCUT2D eigenvalue weighted by atomic mass is 32.1. The SMILES string of the molecule is CC.Nc1nc2ncccc2s1. The molecule has 3 nitrogen and oxygen atoms in total. The molecule has 2 aromatic heterocycles. The predicted octanol–water partition coefficient (Wildman–Crippen LogP) is 2.30. The van der Waals surface area contributed by atoms with E-state index in [4.69, 9.17) is 5.73 Å². The van der Waals surface area contributed by atoms with Crippen molar-refractivity contribution >= 4 is 26.8 Å². The number of nitrogens with two attached hydrogens (primary N) is 1. The summed E-state index contributed by atoms with van der Waals surface area (Å²) in [6, 6.07) is 3.83. The van der Waals surface area contributed by atoms with Gasteiger partial charge in [0, 0.05) is 6.20 Å². The monoisotopic (exact) mass is 181 g/mol. The molecule has 0 atom stereocenters. The maximum Gasteiger partial charge on any atom is 0.182 e. The van der Waals surface area contributed by atoms with Crippen molar-refractivity contribution in [3.8, 4) is 0 Å². The molecule has 12 heavy (non-hydrogen) atoms. The molecule has 4 heteroatoms. The van der Waals surface area contributed by atoms with Crippen molar-refractivity contribution in [1.29, 1.82) is 0 Å². The normalized spacial score (nSPS) is 9.17. The lowest BCUT2D eigenvalue weighted by molar-refractivity contribution is 1.33. The number of hydrogen-bond donors (Lipinski definition) is 1. The van der Waals surface area contributed by atoms with Crippen LogP contribution in [0.2, 0.25) is 0 Å². The molecule has 0 bridgehead atoms. The maximum absolute atomic E-state index is 5.46. The summed E-state index contributed by atoms with van der Waals surface area (Å²) in [7, 11) is 0. The quantitative estimate of drug-likeness (QED) is 0.678. The first-order valence-electron chi connectivity index (χ1n) is 3.83. The third-order valence-corrected chi connectivity index (χ3v) is 2.02. The first kappa shape index (κ1) is 8.93. The van der Waals surface area contributed by atoms with E-state index in [1.807, 2.05) is 26.0 Å². The number of hydrogen-bond acceptors (Lipinski definition) is 4. The van der Waals surface area contributed by atoms with Gasteiger partial charge in [-0.05, 0) is 12.1 Å². The molecule has 0 spiro atoms. The number of anilines is 1. The summed E-state index contributed by atoms with van der Waals surface area (Å²) in [5.41, 5.74) is 6.20. The van der Waals surface area contributed by atoms with Crippen LogP contribution >= 0.6 is 11.3 Å². The number of fused-ring (bicyclic) bond motifs is 1. The lowest BCUT2D eigenvalue weighted by atomic mass is 10.5. The molecule has 0 radical (unpaired) electrons. The van der Waals surface area contributed by atoms with E-state index in [0.29, 0.717) is 5.13 Å². The summed E-state index contributed by atoms with van der Waals surface area (Å²) >= 11 is 1.46. The van der Waals surface area contributed by atoms with Crippen molar-refractivity contribution in [3.05, 3.63) is 18.3 Å². The summed E-state index contributed by atoms with van der Waals surface area (Å²) < 4.78 is 1.04. The molecule has 0 fully saturated rings. The van der Waals surface area contributed by atoms with Crippen LogP contribution in [-0.4, -0.2) is 9.97 Å². The van der Waals surface area contributed by atoms with Gasteiger partial charge in [0.25, 0.3) is 0 Å². The Hall–Kier alpha value is -1.16. The van der Waals surface area contributed by atoms with E-state index in [1.54, 1.807) is 6.20 Å². The molecule has 64 valence electrons. The molecule has 0 saturated heterocycles. The van der Waals surface area contributed by atoms with Gasteiger partial charge in [-0.25, -0.2) is 9.97 Å². The topological polar surface area (TPSA) is 51.8 Å². The lowest BCUT2D eigenvalue weighted by Crippen LogP contribution is -1.80. The second-order valence-electron chi connectivity index (χ2n) is 1.88. The zero-order valence-electron chi connectivity index (χ0n) is 7.11. The molecule has 0 unspecified atom stereocenters. The van der Waals surface area contributed by atoms with E-state index in [9.17, 15) is 0 Å². The van der Waals surface area contributed by atoms with Crippen LogP contribution in [0.25, 0.3) is 10.3 Å². The fourth-order valence-electron chi connectivity index (χ4n) is 0.786. The van der Waals surface area contributed by atoms with Gasteiger partial charge in [-0.3, -0.25) is 0 Å². The van der Waals surface area contributed by atoms with E-state index in [1.165, 1.54) is 11.3 Å². The summed E-state index contributed by atoms with van der Waals surface area (Å²) in [4.78, 5) is 8.02. The maximum atomic E-state index is 5.46. The Morgan fingerprint density at radius 2 is 2.17 bits per heavy atom. The van der Waals surface area contributed by atoms with E-state index >= 15 is 0 Å². The molecule has 2 aromatic rings. The first-order chi connectivity index (χ1) is 5.86. The van der Waals surface area contributed by atoms with Crippen LogP contribution < -0.4 is 5.73 Å². The van der Waals surface area contributed by atoms with Gasteiger partial charge in [-0.1, -0.05) is 25.2 Å². The van der Waals surface area contributed by atoms with Gasteiger partial charge in [0.2, 0.25) is 0 Å². The van der Waals surface area contributed by atoms with Crippen LogP contribution in [0.1, 0.15) is 13.8 Å². The van der Waals surface area contributed by atoms with E-state index < -0.39 is 0 Å². The Bertz CT molecular complexity index is 323. The minimum Gasteiger partial charge on any atom is -0.375 e. The molecule has 0 aromatic carbocycles. The average Bonchev–Trinajstić information content (AvgIpc) is 2.48. The average molecular weight is 181 g/mol. The molecule has 0 aliphatic heterocycles. The largest absolute Gasteiger partial charge is 0.375 e. The number of nitrogen functional groups attached to an aromatic ring is 1. The first-order valence-corrected chi connectivity index (χ1v) is 4.65. The number of nitrogens with zero attached hydrogens (tertiary/aromatic N) is 2. The van der Waals surface area contributed by atoms with Gasteiger partial charge in [0.1, 0.15) is 0 Å².